The first-order valence-corrected chi connectivity index (χ1v) is 11.6. The molecule has 2 aliphatic heterocycles. The van der Waals surface area contributed by atoms with E-state index in [0.717, 1.165) is 54.4 Å². The van der Waals surface area contributed by atoms with Crippen LogP contribution in [0, 0.1) is 5.82 Å². The molecule has 7 nitrogen and oxygen atoms in total. The third-order valence-electron chi connectivity index (χ3n) is 5.70. The predicted octanol–water partition coefficient (Wildman–Crippen LogP) is 4.15. The summed E-state index contributed by atoms with van der Waals surface area (Å²) in [6.07, 6.45) is 2.31. The van der Waals surface area contributed by atoms with Crippen molar-refractivity contribution < 1.29 is 14.0 Å². The number of imide groups is 1. The van der Waals surface area contributed by atoms with Crippen molar-refractivity contribution in [1.29, 1.82) is 0 Å². The van der Waals surface area contributed by atoms with Crippen molar-refractivity contribution in [3.05, 3.63) is 58.5 Å². The first-order valence-electron chi connectivity index (χ1n) is 10.8. The first kappa shape index (κ1) is 24.1. The molecule has 10 heteroatoms. The summed E-state index contributed by atoms with van der Waals surface area (Å²) in [5.41, 5.74) is 3.38. The molecule has 0 bridgehead atoms. The zero-order valence-electron chi connectivity index (χ0n) is 18.4. The van der Waals surface area contributed by atoms with Crippen LogP contribution in [0.5, 0.6) is 0 Å². The summed E-state index contributed by atoms with van der Waals surface area (Å²) in [7, 11) is 0. The number of piperazine rings is 1. The van der Waals surface area contributed by atoms with Gasteiger partial charge in [-0.2, -0.15) is 0 Å². The molecule has 0 atom stereocenters. The zero-order valence-corrected chi connectivity index (χ0v) is 20.1. The lowest BCUT2D eigenvalue weighted by Gasteiger charge is -2.29. The van der Waals surface area contributed by atoms with Crippen molar-refractivity contribution in [2.45, 2.75) is 13.3 Å². The molecule has 2 amide bonds. The molecule has 2 N–H and O–H groups in total. The molecule has 3 heterocycles. The normalized spacial score (nSPS) is 17.2. The minimum atomic E-state index is -0.409. The Balaban J connectivity index is 0.00000274. The van der Waals surface area contributed by atoms with Gasteiger partial charge in [0.15, 0.2) is 0 Å². The van der Waals surface area contributed by atoms with E-state index in [1.165, 1.54) is 6.07 Å². The number of aryl methyl sites for hydroxylation is 1. The van der Waals surface area contributed by atoms with Gasteiger partial charge in [0.25, 0.3) is 11.1 Å². The molecular weight excluding hydrogens is 477 g/mol. The number of rotatable bonds is 4. The number of benzene rings is 2. The van der Waals surface area contributed by atoms with Crippen LogP contribution in [0.2, 0.25) is 0 Å². The maximum Gasteiger partial charge on any atom is 0.290 e. The summed E-state index contributed by atoms with van der Waals surface area (Å²) in [5, 5.41) is 5.91. The fourth-order valence-corrected chi connectivity index (χ4v) is 4.73. The highest BCUT2D eigenvalue weighted by Gasteiger charge is 2.25. The van der Waals surface area contributed by atoms with Gasteiger partial charge in [-0.3, -0.25) is 14.9 Å². The maximum absolute atomic E-state index is 15.1. The topological polar surface area (TPSA) is 87.2 Å². The quantitative estimate of drug-likeness (QED) is 0.521. The van der Waals surface area contributed by atoms with E-state index in [1.54, 1.807) is 6.08 Å². The number of halogens is 2. The molecule has 5 rings (SSSR count). The standard InChI is InChI=1S/C24H22FN5O2S.ClH/c1-2-21-27-18-5-3-14(12-20-23(31)29-24(32)33-20)11-16(18)22(28-21)15-4-6-19(17(25)13-15)30-9-7-26-8-10-30;/h3-6,11-13,26H,2,7-10H2,1H3,(H,29,31,32);1H. The largest absolute Gasteiger partial charge is 0.367 e. The molecule has 0 saturated carbocycles. The Hall–Kier alpha value is -3.01. The van der Waals surface area contributed by atoms with Crippen LogP contribution in [0.25, 0.3) is 28.2 Å². The summed E-state index contributed by atoms with van der Waals surface area (Å²) in [6, 6.07) is 10.8. The second-order valence-corrected chi connectivity index (χ2v) is 8.89. The van der Waals surface area contributed by atoms with Gasteiger partial charge >= 0.3 is 0 Å². The number of carbonyl (C=O) groups excluding carboxylic acids is 2. The van der Waals surface area contributed by atoms with E-state index < -0.39 is 5.91 Å². The number of fused-ring (bicyclic) bond motifs is 1. The Morgan fingerprint density at radius 2 is 1.91 bits per heavy atom. The third-order valence-corrected chi connectivity index (χ3v) is 6.51. The highest BCUT2D eigenvalue weighted by atomic mass is 35.5. The summed E-state index contributed by atoms with van der Waals surface area (Å²) in [6.45, 7) is 5.16. The number of aromatic nitrogens is 2. The second kappa shape index (κ2) is 10.1. The van der Waals surface area contributed by atoms with Crippen LogP contribution in [0.3, 0.4) is 0 Å². The highest BCUT2D eigenvalue weighted by Crippen LogP contribution is 2.32. The molecule has 2 aliphatic rings. The van der Waals surface area contributed by atoms with Gasteiger partial charge in [-0.25, -0.2) is 14.4 Å². The van der Waals surface area contributed by atoms with Gasteiger partial charge in [0.05, 0.1) is 21.8 Å². The van der Waals surface area contributed by atoms with E-state index in [0.29, 0.717) is 34.1 Å². The second-order valence-electron chi connectivity index (χ2n) is 7.87. The molecule has 0 radical (unpaired) electrons. The van der Waals surface area contributed by atoms with Crippen LogP contribution in [0.15, 0.2) is 41.3 Å². The van der Waals surface area contributed by atoms with Gasteiger partial charge in [0, 0.05) is 43.5 Å². The molecule has 3 aromatic rings. The van der Waals surface area contributed by atoms with E-state index >= 15 is 4.39 Å². The molecule has 0 aliphatic carbocycles. The molecule has 1 aromatic heterocycles. The lowest BCUT2D eigenvalue weighted by atomic mass is 10.0. The van der Waals surface area contributed by atoms with E-state index in [-0.39, 0.29) is 23.5 Å². The Morgan fingerprint density at radius 3 is 2.59 bits per heavy atom. The van der Waals surface area contributed by atoms with Crippen molar-refractivity contribution in [2.75, 3.05) is 31.1 Å². The van der Waals surface area contributed by atoms with Gasteiger partial charge in [-0.05, 0) is 47.7 Å². The lowest BCUT2D eigenvalue weighted by molar-refractivity contribution is -0.115. The average Bonchev–Trinajstić information content (AvgIpc) is 3.15. The minimum absolute atomic E-state index is 0. The van der Waals surface area contributed by atoms with E-state index in [2.05, 4.69) is 15.6 Å². The van der Waals surface area contributed by atoms with Crippen LogP contribution in [0.1, 0.15) is 18.3 Å². The summed E-state index contributed by atoms with van der Waals surface area (Å²) in [4.78, 5) is 35.1. The van der Waals surface area contributed by atoms with Crippen LogP contribution in [0.4, 0.5) is 14.9 Å². The Bertz CT molecular complexity index is 1310. The minimum Gasteiger partial charge on any atom is -0.367 e. The highest BCUT2D eigenvalue weighted by molar-refractivity contribution is 8.18. The average molecular weight is 500 g/mol. The van der Waals surface area contributed by atoms with Gasteiger partial charge in [0.2, 0.25) is 0 Å². The fraction of sp³-hybridized carbons (Fsp3) is 0.250. The molecule has 176 valence electrons. The third kappa shape index (κ3) is 4.77. The number of anilines is 1. The number of hydrogen-bond acceptors (Lipinski definition) is 7. The monoisotopic (exact) mass is 499 g/mol. The molecule has 0 spiro atoms. The van der Waals surface area contributed by atoms with Gasteiger partial charge in [0.1, 0.15) is 11.6 Å². The molecule has 0 unspecified atom stereocenters. The number of nitrogens with zero attached hydrogens (tertiary/aromatic N) is 3. The van der Waals surface area contributed by atoms with E-state index in [1.807, 2.05) is 42.2 Å². The van der Waals surface area contributed by atoms with Gasteiger partial charge in [-0.15, -0.1) is 12.4 Å². The van der Waals surface area contributed by atoms with Crippen molar-refractivity contribution in [2.24, 2.45) is 0 Å². The van der Waals surface area contributed by atoms with Gasteiger partial charge < -0.3 is 10.2 Å². The summed E-state index contributed by atoms with van der Waals surface area (Å²) >= 11 is 0.869. The van der Waals surface area contributed by atoms with Crippen molar-refractivity contribution >= 4 is 58.0 Å². The summed E-state index contributed by atoms with van der Waals surface area (Å²) < 4.78 is 15.1. The first-order chi connectivity index (χ1) is 16.0. The number of carbonyl (C=O) groups is 2. The van der Waals surface area contributed by atoms with Crippen molar-refractivity contribution in [3.8, 4) is 11.3 Å². The van der Waals surface area contributed by atoms with Crippen LogP contribution < -0.4 is 15.5 Å². The van der Waals surface area contributed by atoms with E-state index in [9.17, 15) is 9.59 Å². The fourth-order valence-electron chi connectivity index (χ4n) is 4.05. The number of amides is 2. The number of hydrogen-bond donors (Lipinski definition) is 2. The van der Waals surface area contributed by atoms with E-state index in [4.69, 9.17) is 4.98 Å². The Labute approximate surface area is 206 Å². The lowest BCUT2D eigenvalue weighted by Crippen LogP contribution is -2.43. The van der Waals surface area contributed by atoms with Crippen LogP contribution >= 0.6 is 24.2 Å². The molecule has 2 saturated heterocycles. The molecule has 34 heavy (non-hydrogen) atoms. The smallest absolute Gasteiger partial charge is 0.290 e. The van der Waals surface area contributed by atoms with Crippen LogP contribution in [-0.4, -0.2) is 47.3 Å². The van der Waals surface area contributed by atoms with Crippen molar-refractivity contribution in [1.82, 2.24) is 20.6 Å². The SMILES string of the molecule is CCc1nc(-c2ccc(N3CCNCC3)c(F)c2)c2cc(C=C3SC(=O)NC3=O)ccc2n1.Cl. The zero-order chi connectivity index (χ0) is 22.9. The van der Waals surface area contributed by atoms with Gasteiger partial charge in [-0.1, -0.05) is 19.1 Å². The molecule has 2 fully saturated rings. The number of thioether (sulfide) groups is 1. The van der Waals surface area contributed by atoms with Crippen molar-refractivity contribution in [3.63, 3.8) is 0 Å². The molecule has 2 aromatic carbocycles. The Morgan fingerprint density at radius 1 is 1.12 bits per heavy atom. The molecular formula is C24H23ClFN5O2S. The summed E-state index contributed by atoms with van der Waals surface area (Å²) in [5.74, 6) is -0.0185. The maximum atomic E-state index is 15.1. The van der Waals surface area contributed by atoms with Crippen LogP contribution in [-0.2, 0) is 11.2 Å². The predicted molar refractivity (Wildman–Crippen MR) is 136 cm³/mol. The number of nitrogens with one attached hydrogen (secondary N) is 2. The Kier molecular flexibility index (Phi) is 7.16.